The Morgan fingerprint density at radius 1 is 1.35 bits per heavy atom. The number of hydrogen-bond acceptors (Lipinski definition) is 4. The Hall–Kier alpha value is -1.69. The van der Waals surface area contributed by atoms with Gasteiger partial charge in [-0.1, -0.05) is 22.0 Å². The zero-order valence-corrected chi connectivity index (χ0v) is 12.7. The first kappa shape index (κ1) is 14.7. The van der Waals surface area contributed by atoms with Crippen molar-refractivity contribution in [1.29, 1.82) is 0 Å². The molecular formula is C14H15BrN2O3. The predicted molar refractivity (Wildman–Crippen MR) is 77.4 cm³/mol. The normalized spacial score (nSPS) is 10.7. The summed E-state index contributed by atoms with van der Waals surface area (Å²) in [5.74, 6) is 0.266. The van der Waals surface area contributed by atoms with Crippen LogP contribution in [-0.4, -0.2) is 21.3 Å². The average molecular weight is 339 g/mol. The first-order valence-corrected chi connectivity index (χ1v) is 7.16. The van der Waals surface area contributed by atoms with Crippen LogP contribution in [-0.2, 0) is 11.2 Å². The van der Waals surface area contributed by atoms with Crippen LogP contribution in [0.3, 0.4) is 0 Å². The van der Waals surface area contributed by atoms with E-state index >= 15 is 0 Å². The van der Waals surface area contributed by atoms with Crippen LogP contribution in [0.2, 0.25) is 0 Å². The molecule has 1 aromatic heterocycles. The van der Waals surface area contributed by atoms with Crippen molar-refractivity contribution >= 4 is 21.9 Å². The Bertz CT molecular complexity index is 610. The Balaban J connectivity index is 2.01. The van der Waals surface area contributed by atoms with Crippen LogP contribution in [0.1, 0.15) is 30.7 Å². The van der Waals surface area contributed by atoms with Crippen LogP contribution in [0.25, 0.3) is 11.5 Å². The molecule has 0 bridgehead atoms. The number of nitrogens with zero attached hydrogens (tertiary/aromatic N) is 2. The Morgan fingerprint density at radius 2 is 2.15 bits per heavy atom. The zero-order valence-electron chi connectivity index (χ0n) is 11.1. The largest absolute Gasteiger partial charge is 0.481 e. The first-order chi connectivity index (χ1) is 9.56. The van der Waals surface area contributed by atoms with E-state index in [2.05, 4.69) is 26.1 Å². The molecule has 6 heteroatoms. The molecule has 1 aromatic carbocycles. The molecule has 0 aliphatic carbocycles. The fourth-order valence-corrected chi connectivity index (χ4v) is 2.20. The number of rotatable bonds is 6. The smallest absolute Gasteiger partial charge is 0.303 e. The summed E-state index contributed by atoms with van der Waals surface area (Å²) in [6.07, 6.45) is 2.12. The van der Waals surface area contributed by atoms with E-state index in [0.717, 1.165) is 22.0 Å². The summed E-state index contributed by atoms with van der Waals surface area (Å²) in [4.78, 5) is 10.4. The monoisotopic (exact) mass is 338 g/mol. The highest BCUT2D eigenvalue weighted by atomic mass is 79.9. The van der Waals surface area contributed by atoms with Crippen molar-refractivity contribution in [3.63, 3.8) is 0 Å². The van der Waals surface area contributed by atoms with Crippen LogP contribution >= 0.6 is 15.9 Å². The minimum atomic E-state index is -0.777. The number of aliphatic carboxylic acids is 1. The fraction of sp³-hybridized carbons (Fsp3) is 0.357. The number of aryl methyl sites for hydroxylation is 2. The lowest BCUT2D eigenvalue weighted by Gasteiger charge is -2.01. The summed E-state index contributed by atoms with van der Waals surface area (Å²) in [7, 11) is 0. The molecule has 106 valence electrons. The van der Waals surface area contributed by atoms with Gasteiger partial charge >= 0.3 is 5.97 Å². The van der Waals surface area contributed by atoms with Gasteiger partial charge in [-0.15, -0.1) is 10.2 Å². The van der Waals surface area contributed by atoms with Crippen molar-refractivity contribution in [2.45, 2.75) is 32.6 Å². The lowest BCUT2D eigenvalue weighted by molar-refractivity contribution is -0.137. The van der Waals surface area contributed by atoms with Gasteiger partial charge in [0, 0.05) is 22.9 Å². The number of benzene rings is 1. The van der Waals surface area contributed by atoms with E-state index in [9.17, 15) is 4.79 Å². The SMILES string of the molecule is Cc1ccc(Br)cc1-c1nnc(CCCCC(=O)O)o1. The molecule has 0 saturated heterocycles. The van der Waals surface area contributed by atoms with Crippen LogP contribution in [0.5, 0.6) is 0 Å². The summed E-state index contributed by atoms with van der Waals surface area (Å²) < 4.78 is 6.58. The number of carboxylic acids is 1. The highest BCUT2D eigenvalue weighted by molar-refractivity contribution is 9.10. The van der Waals surface area contributed by atoms with E-state index in [4.69, 9.17) is 9.52 Å². The van der Waals surface area contributed by atoms with E-state index in [0.29, 0.717) is 24.6 Å². The Kier molecular flexibility index (Phi) is 4.89. The van der Waals surface area contributed by atoms with E-state index in [1.54, 1.807) is 0 Å². The molecule has 1 N–H and O–H groups in total. The van der Waals surface area contributed by atoms with Crippen molar-refractivity contribution in [3.8, 4) is 11.5 Å². The molecule has 0 amide bonds. The number of halogens is 1. The van der Waals surface area contributed by atoms with Gasteiger partial charge in [0.05, 0.1) is 0 Å². The molecule has 0 aliphatic rings. The summed E-state index contributed by atoms with van der Waals surface area (Å²) in [6.45, 7) is 1.98. The maximum atomic E-state index is 10.4. The molecule has 5 nitrogen and oxygen atoms in total. The zero-order chi connectivity index (χ0) is 14.5. The second-order valence-corrected chi connectivity index (χ2v) is 5.48. The van der Waals surface area contributed by atoms with Gasteiger partial charge in [0.1, 0.15) is 0 Å². The van der Waals surface area contributed by atoms with Crippen LogP contribution < -0.4 is 0 Å². The first-order valence-electron chi connectivity index (χ1n) is 6.37. The number of carbonyl (C=O) groups is 1. The average Bonchev–Trinajstić information content (AvgIpc) is 2.86. The third-order valence-electron chi connectivity index (χ3n) is 2.93. The molecule has 0 aliphatic heterocycles. The molecule has 20 heavy (non-hydrogen) atoms. The highest BCUT2D eigenvalue weighted by Gasteiger charge is 2.11. The van der Waals surface area contributed by atoms with Crippen LogP contribution in [0, 0.1) is 6.92 Å². The Labute approximate surface area is 125 Å². The second kappa shape index (κ2) is 6.65. The molecule has 2 rings (SSSR count). The van der Waals surface area contributed by atoms with Gasteiger partial charge in [0.2, 0.25) is 11.8 Å². The van der Waals surface area contributed by atoms with Crippen molar-refractivity contribution in [1.82, 2.24) is 10.2 Å². The second-order valence-electron chi connectivity index (χ2n) is 4.56. The van der Waals surface area contributed by atoms with Gasteiger partial charge in [-0.2, -0.15) is 0 Å². The molecule has 2 aromatic rings. The minimum absolute atomic E-state index is 0.172. The molecule has 0 fully saturated rings. The number of aromatic nitrogens is 2. The summed E-state index contributed by atoms with van der Waals surface area (Å²) in [5, 5.41) is 16.6. The predicted octanol–water partition coefficient (Wildman–Crippen LogP) is 3.60. The summed E-state index contributed by atoms with van der Waals surface area (Å²) in [6, 6.07) is 5.88. The molecular weight excluding hydrogens is 324 g/mol. The number of unbranched alkanes of at least 4 members (excludes halogenated alkanes) is 1. The van der Waals surface area contributed by atoms with Crippen molar-refractivity contribution in [2.75, 3.05) is 0 Å². The van der Waals surface area contributed by atoms with Crippen LogP contribution in [0.4, 0.5) is 0 Å². The molecule has 0 saturated carbocycles. The van der Waals surface area contributed by atoms with E-state index in [1.165, 1.54) is 0 Å². The van der Waals surface area contributed by atoms with Gasteiger partial charge in [0.15, 0.2) is 0 Å². The lowest BCUT2D eigenvalue weighted by Crippen LogP contribution is -1.95. The van der Waals surface area contributed by atoms with Gasteiger partial charge in [-0.25, -0.2) is 0 Å². The number of carboxylic acid groups (broad SMARTS) is 1. The maximum Gasteiger partial charge on any atom is 0.303 e. The fourth-order valence-electron chi connectivity index (χ4n) is 1.84. The Morgan fingerprint density at radius 3 is 2.90 bits per heavy atom. The standard InChI is InChI=1S/C14H15BrN2O3/c1-9-6-7-10(15)8-11(9)14-17-16-12(20-14)4-2-3-5-13(18)19/h6-8H,2-5H2,1H3,(H,18,19). The topological polar surface area (TPSA) is 76.2 Å². The summed E-state index contributed by atoms with van der Waals surface area (Å²) >= 11 is 3.42. The minimum Gasteiger partial charge on any atom is -0.481 e. The van der Waals surface area contributed by atoms with Crippen molar-refractivity contribution < 1.29 is 14.3 Å². The molecule has 0 atom stereocenters. The molecule has 1 heterocycles. The molecule has 0 spiro atoms. The van der Waals surface area contributed by atoms with Gasteiger partial charge in [0.25, 0.3) is 0 Å². The quantitative estimate of drug-likeness (QED) is 0.814. The van der Waals surface area contributed by atoms with Crippen molar-refractivity contribution in [3.05, 3.63) is 34.1 Å². The molecule has 0 unspecified atom stereocenters. The maximum absolute atomic E-state index is 10.4. The van der Waals surface area contributed by atoms with Crippen molar-refractivity contribution in [2.24, 2.45) is 0 Å². The lowest BCUT2D eigenvalue weighted by atomic mass is 10.1. The summed E-state index contributed by atoms with van der Waals surface area (Å²) in [5.41, 5.74) is 1.97. The third kappa shape index (κ3) is 3.90. The van der Waals surface area contributed by atoms with Gasteiger partial charge in [-0.3, -0.25) is 4.79 Å². The highest BCUT2D eigenvalue weighted by Crippen LogP contribution is 2.26. The van der Waals surface area contributed by atoms with Gasteiger partial charge in [-0.05, 0) is 37.5 Å². The van der Waals surface area contributed by atoms with Gasteiger partial charge < -0.3 is 9.52 Å². The van der Waals surface area contributed by atoms with E-state index < -0.39 is 5.97 Å². The van der Waals surface area contributed by atoms with E-state index in [-0.39, 0.29) is 6.42 Å². The van der Waals surface area contributed by atoms with E-state index in [1.807, 2.05) is 25.1 Å². The van der Waals surface area contributed by atoms with Crippen LogP contribution in [0.15, 0.2) is 27.1 Å². The molecule has 0 radical (unpaired) electrons. The third-order valence-corrected chi connectivity index (χ3v) is 3.42. The number of hydrogen-bond donors (Lipinski definition) is 1.